The summed E-state index contributed by atoms with van der Waals surface area (Å²) in [6, 6.07) is 10.6. The highest BCUT2D eigenvalue weighted by Crippen LogP contribution is 2.41. The molecule has 1 aliphatic carbocycles. The largest absolute Gasteiger partial charge is 0.492 e. The number of ether oxygens (including phenoxy) is 1. The molecule has 3 aromatic rings. The van der Waals surface area contributed by atoms with Crippen LogP contribution in [0.15, 0.2) is 53.3 Å². The Hall–Kier alpha value is -3.95. The second kappa shape index (κ2) is 12.1. The van der Waals surface area contributed by atoms with Crippen LogP contribution < -0.4 is 15.4 Å². The van der Waals surface area contributed by atoms with Gasteiger partial charge < -0.3 is 24.8 Å². The van der Waals surface area contributed by atoms with Gasteiger partial charge in [-0.2, -0.15) is 4.98 Å². The summed E-state index contributed by atoms with van der Waals surface area (Å²) in [7, 11) is 0. The second-order valence-electron chi connectivity index (χ2n) is 9.80. The Balaban J connectivity index is 1.41. The number of para-hydroxylation sites is 2. The van der Waals surface area contributed by atoms with Gasteiger partial charge in [-0.05, 0) is 56.9 Å². The molecule has 1 saturated heterocycles. The first-order valence-corrected chi connectivity index (χ1v) is 13.4. The third-order valence-electron chi connectivity index (χ3n) is 7.29. The molecular weight excluding hydrogens is 484 g/mol. The fourth-order valence-electron chi connectivity index (χ4n) is 5.42. The zero-order valence-corrected chi connectivity index (χ0v) is 21.6. The molecule has 0 radical (unpaired) electrons. The molecule has 1 aliphatic heterocycles. The Kier molecular flexibility index (Phi) is 8.15. The number of hydrogen-bond acceptors (Lipinski definition) is 7. The van der Waals surface area contributed by atoms with Crippen LogP contribution in [0.25, 0.3) is 11.4 Å². The fourth-order valence-corrected chi connectivity index (χ4v) is 5.42. The lowest BCUT2D eigenvalue weighted by molar-refractivity contribution is -0.126. The molecule has 5 rings (SSSR count). The van der Waals surface area contributed by atoms with Crippen molar-refractivity contribution in [2.45, 2.75) is 57.4 Å². The summed E-state index contributed by atoms with van der Waals surface area (Å²) in [5, 5.41) is 10.3. The minimum absolute atomic E-state index is 0.0288. The molecule has 0 spiro atoms. The Morgan fingerprint density at radius 2 is 2.03 bits per heavy atom. The number of pyridine rings is 1. The Labute approximate surface area is 222 Å². The number of amides is 3. The standard InChI is InChI=1S/C28H34N6O4/c1-2-37-24-12-6-5-11-22(24)31-28(36)34-15-8-4-3-7-14-30-26(35)21-16-20(17-23(21)34)27-32-25(33-38-27)19-10-9-13-29-18-19/h5-6,9-13,18,20-21,23H,2-4,7-8,14-17H2,1H3,(H,30,35)(H,31,36)/t20-,21-,23+/m0/s1. The lowest BCUT2D eigenvalue weighted by Crippen LogP contribution is -2.48. The molecule has 2 N–H and O–H groups in total. The minimum Gasteiger partial charge on any atom is -0.492 e. The molecule has 2 aromatic heterocycles. The van der Waals surface area contributed by atoms with Gasteiger partial charge >= 0.3 is 6.03 Å². The molecule has 3 atom stereocenters. The smallest absolute Gasteiger partial charge is 0.322 e. The summed E-state index contributed by atoms with van der Waals surface area (Å²) < 4.78 is 11.4. The zero-order valence-electron chi connectivity index (χ0n) is 21.6. The van der Waals surface area contributed by atoms with E-state index >= 15 is 0 Å². The molecule has 0 unspecified atom stereocenters. The summed E-state index contributed by atoms with van der Waals surface area (Å²) in [5.41, 5.74) is 1.38. The van der Waals surface area contributed by atoms with Gasteiger partial charge in [-0.25, -0.2) is 4.79 Å². The number of nitrogens with one attached hydrogen (secondary N) is 2. The highest BCUT2D eigenvalue weighted by molar-refractivity contribution is 5.92. The molecule has 3 heterocycles. The van der Waals surface area contributed by atoms with E-state index in [1.54, 1.807) is 12.4 Å². The predicted octanol–water partition coefficient (Wildman–Crippen LogP) is 4.62. The SMILES string of the molecule is CCOc1ccccc1NC(=O)N1CCCCCCNC(=O)[C@H]2C[C@H](c3nc(-c4cccnc4)no3)C[C@H]21. The highest BCUT2D eigenvalue weighted by atomic mass is 16.5. The molecule has 200 valence electrons. The van der Waals surface area contributed by atoms with E-state index in [1.807, 2.05) is 48.2 Å². The van der Waals surface area contributed by atoms with E-state index in [1.165, 1.54) is 0 Å². The molecule has 0 bridgehead atoms. The Morgan fingerprint density at radius 3 is 2.87 bits per heavy atom. The lowest BCUT2D eigenvalue weighted by Gasteiger charge is -2.32. The van der Waals surface area contributed by atoms with Crippen LogP contribution in [0, 0.1) is 5.92 Å². The number of aromatic nitrogens is 3. The van der Waals surface area contributed by atoms with Crippen molar-refractivity contribution in [1.29, 1.82) is 0 Å². The molecule has 2 aliphatic rings. The summed E-state index contributed by atoms with van der Waals surface area (Å²) in [4.78, 5) is 37.6. The number of hydrogen-bond donors (Lipinski definition) is 2. The van der Waals surface area contributed by atoms with E-state index < -0.39 is 0 Å². The zero-order chi connectivity index (χ0) is 26.3. The van der Waals surface area contributed by atoms with Gasteiger partial charge in [0.1, 0.15) is 5.75 Å². The molecule has 38 heavy (non-hydrogen) atoms. The van der Waals surface area contributed by atoms with Gasteiger partial charge in [0.25, 0.3) is 0 Å². The molecule has 1 aromatic carbocycles. The van der Waals surface area contributed by atoms with E-state index in [9.17, 15) is 9.59 Å². The van der Waals surface area contributed by atoms with E-state index in [0.717, 1.165) is 31.2 Å². The van der Waals surface area contributed by atoms with Crippen molar-refractivity contribution in [2.24, 2.45) is 5.92 Å². The maximum absolute atomic E-state index is 13.7. The first-order valence-electron chi connectivity index (χ1n) is 13.4. The molecular formula is C28H34N6O4. The number of anilines is 1. The normalized spacial score (nSPS) is 22.2. The number of nitrogens with zero attached hydrogens (tertiary/aromatic N) is 4. The van der Waals surface area contributed by atoms with Crippen LogP contribution in [0.1, 0.15) is 57.3 Å². The van der Waals surface area contributed by atoms with Crippen molar-refractivity contribution < 1.29 is 18.8 Å². The van der Waals surface area contributed by atoms with Crippen LogP contribution in [-0.4, -0.2) is 57.7 Å². The van der Waals surface area contributed by atoms with Crippen molar-refractivity contribution in [3.05, 3.63) is 54.7 Å². The number of fused-ring (bicyclic) bond motifs is 1. The average Bonchev–Trinajstić information content (AvgIpc) is 3.59. The van der Waals surface area contributed by atoms with Gasteiger partial charge in [0.2, 0.25) is 17.6 Å². The Bertz CT molecular complexity index is 1230. The van der Waals surface area contributed by atoms with Crippen molar-refractivity contribution in [1.82, 2.24) is 25.3 Å². The highest BCUT2D eigenvalue weighted by Gasteiger charge is 2.45. The van der Waals surface area contributed by atoms with Crippen LogP contribution in [0.5, 0.6) is 5.75 Å². The van der Waals surface area contributed by atoms with Crippen LogP contribution >= 0.6 is 0 Å². The quantitative estimate of drug-likeness (QED) is 0.505. The van der Waals surface area contributed by atoms with Crippen LogP contribution in [0.2, 0.25) is 0 Å². The van der Waals surface area contributed by atoms with Crippen LogP contribution in [0.4, 0.5) is 10.5 Å². The topological polar surface area (TPSA) is 122 Å². The second-order valence-corrected chi connectivity index (χ2v) is 9.80. The number of carbonyl (C=O) groups is 2. The molecule has 10 nitrogen and oxygen atoms in total. The average molecular weight is 519 g/mol. The van der Waals surface area contributed by atoms with Gasteiger partial charge in [0.05, 0.1) is 18.2 Å². The third-order valence-corrected chi connectivity index (χ3v) is 7.29. The monoisotopic (exact) mass is 518 g/mol. The van der Waals surface area contributed by atoms with E-state index in [2.05, 4.69) is 25.8 Å². The lowest BCUT2D eigenvalue weighted by atomic mass is 10.0. The van der Waals surface area contributed by atoms with E-state index in [4.69, 9.17) is 9.26 Å². The molecule has 3 amide bonds. The van der Waals surface area contributed by atoms with Gasteiger partial charge in [0, 0.05) is 43.0 Å². The van der Waals surface area contributed by atoms with Crippen LogP contribution in [-0.2, 0) is 4.79 Å². The van der Waals surface area contributed by atoms with Gasteiger partial charge in [-0.1, -0.05) is 30.1 Å². The van der Waals surface area contributed by atoms with E-state index in [-0.39, 0.29) is 29.8 Å². The fraction of sp³-hybridized carbons (Fsp3) is 0.464. The maximum Gasteiger partial charge on any atom is 0.322 e. The van der Waals surface area contributed by atoms with Crippen LogP contribution in [0.3, 0.4) is 0 Å². The minimum atomic E-state index is -0.375. The number of carbonyl (C=O) groups excluding carboxylic acids is 2. The first kappa shape index (κ1) is 25.7. The van der Waals surface area contributed by atoms with Crippen molar-refractivity contribution in [2.75, 3.05) is 25.0 Å². The summed E-state index contributed by atoms with van der Waals surface area (Å²) in [6.07, 6.45) is 8.28. The van der Waals surface area contributed by atoms with Crippen molar-refractivity contribution in [3.8, 4) is 17.1 Å². The summed E-state index contributed by atoms with van der Waals surface area (Å²) in [6.45, 7) is 3.61. The summed E-state index contributed by atoms with van der Waals surface area (Å²) >= 11 is 0. The van der Waals surface area contributed by atoms with Gasteiger partial charge in [-0.15, -0.1) is 0 Å². The third kappa shape index (κ3) is 5.79. The Morgan fingerprint density at radius 1 is 1.16 bits per heavy atom. The number of benzene rings is 1. The van der Waals surface area contributed by atoms with Crippen molar-refractivity contribution in [3.63, 3.8) is 0 Å². The molecule has 2 fully saturated rings. The maximum atomic E-state index is 13.7. The number of urea groups is 1. The van der Waals surface area contributed by atoms with Crippen molar-refractivity contribution >= 4 is 17.6 Å². The predicted molar refractivity (Wildman–Crippen MR) is 142 cm³/mol. The summed E-state index contributed by atoms with van der Waals surface area (Å²) in [5.74, 6) is 1.03. The number of rotatable bonds is 5. The van der Waals surface area contributed by atoms with Gasteiger partial charge in [0.15, 0.2) is 0 Å². The van der Waals surface area contributed by atoms with E-state index in [0.29, 0.717) is 55.7 Å². The molecule has 1 saturated carbocycles. The first-order chi connectivity index (χ1) is 18.6. The van der Waals surface area contributed by atoms with Gasteiger partial charge in [-0.3, -0.25) is 9.78 Å². The molecule has 10 heteroatoms.